The molecule has 7 heteroatoms. The monoisotopic (exact) mass is 406 g/mol. The summed E-state index contributed by atoms with van der Waals surface area (Å²) < 4.78 is 5.35. The second kappa shape index (κ2) is 7.22. The fraction of sp³-hybridized carbons (Fsp3) is 0.318. The van der Waals surface area contributed by atoms with Crippen molar-refractivity contribution in [3.63, 3.8) is 0 Å². The lowest BCUT2D eigenvalue weighted by Gasteiger charge is -2.18. The first kappa shape index (κ1) is 19.5. The van der Waals surface area contributed by atoms with Gasteiger partial charge in [-0.25, -0.2) is 9.67 Å². The molecule has 0 unspecified atom stereocenters. The smallest absolute Gasteiger partial charge is 0.168 e. The molecular formula is C22H26N6S. The Morgan fingerprint density at radius 1 is 1.07 bits per heavy atom. The van der Waals surface area contributed by atoms with Crippen LogP contribution in [0, 0.1) is 20.8 Å². The van der Waals surface area contributed by atoms with Crippen LogP contribution in [-0.2, 0) is 5.41 Å². The highest BCUT2D eigenvalue weighted by Crippen LogP contribution is 2.32. The van der Waals surface area contributed by atoms with Crippen molar-refractivity contribution in [2.45, 2.75) is 51.9 Å². The number of H-pyrrole nitrogens is 1. The maximum Gasteiger partial charge on any atom is 0.168 e. The summed E-state index contributed by atoms with van der Waals surface area (Å²) in [5.41, 5.74) is 6.57. The average Bonchev–Trinajstić information content (AvgIpc) is 3.26. The van der Waals surface area contributed by atoms with E-state index < -0.39 is 0 Å². The number of fused-ring (bicyclic) bond motifs is 1. The summed E-state index contributed by atoms with van der Waals surface area (Å²) in [4.78, 5) is 6.02. The highest BCUT2D eigenvalue weighted by atomic mass is 32.2. The Kier molecular flexibility index (Phi) is 4.86. The number of rotatable bonds is 4. The Balaban J connectivity index is 1.90. The van der Waals surface area contributed by atoms with E-state index in [-0.39, 0.29) is 5.41 Å². The zero-order valence-corrected chi connectivity index (χ0v) is 18.5. The van der Waals surface area contributed by atoms with Crippen molar-refractivity contribution in [1.82, 2.24) is 25.0 Å². The summed E-state index contributed by atoms with van der Waals surface area (Å²) in [5, 5.41) is 12.7. The van der Waals surface area contributed by atoms with Gasteiger partial charge in [0.1, 0.15) is 0 Å². The number of pyridine rings is 1. The van der Waals surface area contributed by atoms with Gasteiger partial charge in [-0.1, -0.05) is 38.5 Å². The summed E-state index contributed by atoms with van der Waals surface area (Å²) in [5.74, 6) is 0.790. The Bertz CT molecular complexity index is 1150. The van der Waals surface area contributed by atoms with E-state index >= 15 is 0 Å². The average molecular weight is 407 g/mol. The van der Waals surface area contributed by atoms with Crippen LogP contribution in [0.3, 0.4) is 0 Å². The molecule has 4 rings (SSSR count). The SMILES string of the molecule is Cc1cc(C)c(-n2nc(NSc3cn[nH]c3)c3ccc(C(C)(C)C)nc32)c(C)c1. The second-order valence-electron chi connectivity index (χ2n) is 8.46. The van der Waals surface area contributed by atoms with Crippen molar-refractivity contribution < 1.29 is 0 Å². The van der Waals surface area contributed by atoms with Crippen LogP contribution >= 0.6 is 11.9 Å². The summed E-state index contributed by atoms with van der Waals surface area (Å²) in [7, 11) is 0. The molecule has 0 atom stereocenters. The predicted molar refractivity (Wildman–Crippen MR) is 120 cm³/mol. The van der Waals surface area contributed by atoms with Gasteiger partial charge in [-0.05, 0) is 56.0 Å². The standard InChI is InChI=1S/C22H26N6S/c1-13-9-14(2)19(15(3)10-13)28-21-17(7-8-18(25-21)22(4,5)6)20(26-28)27-29-16-11-23-24-12-16/h7-12H,1-6H3,(H,23,24)(H,26,27). The van der Waals surface area contributed by atoms with E-state index in [9.17, 15) is 0 Å². The molecule has 6 nitrogen and oxygen atoms in total. The van der Waals surface area contributed by atoms with Crippen molar-refractivity contribution in [1.29, 1.82) is 0 Å². The Morgan fingerprint density at radius 3 is 2.41 bits per heavy atom. The largest absolute Gasteiger partial charge is 0.308 e. The highest BCUT2D eigenvalue weighted by molar-refractivity contribution is 8.00. The Hall–Kier alpha value is -2.80. The third-order valence-corrected chi connectivity index (χ3v) is 5.64. The van der Waals surface area contributed by atoms with Crippen LogP contribution in [0.1, 0.15) is 43.2 Å². The first-order valence-corrected chi connectivity index (χ1v) is 10.5. The summed E-state index contributed by atoms with van der Waals surface area (Å²) in [6.45, 7) is 12.9. The molecule has 0 bridgehead atoms. The predicted octanol–water partition coefficient (Wildman–Crippen LogP) is 5.49. The van der Waals surface area contributed by atoms with Crippen LogP contribution in [0.4, 0.5) is 5.82 Å². The van der Waals surface area contributed by atoms with Crippen LogP contribution in [0.15, 0.2) is 41.6 Å². The van der Waals surface area contributed by atoms with Gasteiger partial charge in [-0.15, -0.1) is 5.10 Å². The van der Waals surface area contributed by atoms with Crippen LogP contribution in [0.5, 0.6) is 0 Å². The third-order valence-electron chi connectivity index (χ3n) is 4.89. The maximum atomic E-state index is 5.03. The van der Waals surface area contributed by atoms with Gasteiger partial charge >= 0.3 is 0 Å². The number of aromatic amines is 1. The number of nitrogens with one attached hydrogen (secondary N) is 2. The number of anilines is 1. The zero-order valence-electron chi connectivity index (χ0n) is 17.7. The zero-order chi connectivity index (χ0) is 20.8. The van der Waals surface area contributed by atoms with Gasteiger partial charge < -0.3 is 4.72 Å². The first-order chi connectivity index (χ1) is 13.7. The molecule has 0 aliphatic rings. The van der Waals surface area contributed by atoms with Crippen molar-refractivity contribution >= 4 is 28.8 Å². The molecule has 150 valence electrons. The summed E-state index contributed by atoms with van der Waals surface area (Å²) >= 11 is 1.48. The van der Waals surface area contributed by atoms with Crippen molar-refractivity contribution in [3.05, 3.63) is 59.0 Å². The molecule has 0 fully saturated rings. The molecule has 0 saturated carbocycles. The molecule has 3 heterocycles. The minimum absolute atomic E-state index is 0.0419. The van der Waals surface area contributed by atoms with Crippen molar-refractivity contribution in [2.24, 2.45) is 0 Å². The molecule has 0 amide bonds. The molecule has 0 aliphatic heterocycles. The third kappa shape index (κ3) is 3.74. The molecule has 0 spiro atoms. The van der Waals surface area contributed by atoms with Crippen LogP contribution in [0.2, 0.25) is 0 Å². The number of aryl methyl sites for hydroxylation is 3. The Morgan fingerprint density at radius 2 is 1.79 bits per heavy atom. The lowest BCUT2D eigenvalue weighted by atomic mass is 9.91. The minimum atomic E-state index is -0.0419. The molecule has 0 aliphatic carbocycles. The van der Waals surface area contributed by atoms with Gasteiger partial charge in [-0.2, -0.15) is 5.10 Å². The van der Waals surface area contributed by atoms with Crippen LogP contribution in [0.25, 0.3) is 16.7 Å². The molecule has 4 aromatic rings. The lowest BCUT2D eigenvalue weighted by molar-refractivity contribution is 0.570. The molecule has 1 aromatic carbocycles. The van der Waals surface area contributed by atoms with Gasteiger partial charge in [0.05, 0.1) is 22.2 Å². The van der Waals surface area contributed by atoms with E-state index in [1.165, 1.54) is 28.6 Å². The second-order valence-corrected chi connectivity index (χ2v) is 9.34. The van der Waals surface area contributed by atoms with E-state index in [4.69, 9.17) is 10.1 Å². The summed E-state index contributed by atoms with van der Waals surface area (Å²) in [6.07, 6.45) is 3.63. The molecule has 2 N–H and O–H groups in total. The first-order valence-electron chi connectivity index (χ1n) is 9.64. The molecule has 3 aromatic heterocycles. The fourth-order valence-electron chi connectivity index (χ4n) is 3.55. The number of nitrogens with zero attached hydrogens (tertiary/aromatic N) is 4. The molecule has 0 saturated heterocycles. The normalized spacial score (nSPS) is 11.9. The van der Waals surface area contributed by atoms with Crippen LogP contribution < -0.4 is 4.72 Å². The van der Waals surface area contributed by atoms with E-state index in [0.29, 0.717) is 0 Å². The molecule has 0 radical (unpaired) electrons. The van der Waals surface area contributed by atoms with Gasteiger partial charge in [0, 0.05) is 17.3 Å². The molecule has 29 heavy (non-hydrogen) atoms. The quantitative estimate of drug-likeness (QED) is 0.439. The number of hydrogen-bond donors (Lipinski definition) is 2. The topological polar surface area (TPSA) is 71.4 Å². The van der Waals surface area contributed by atoms with Gasteiger partial charge in [0.2, 0.25) is 0 Å². The van der Waals surface area contributed by atoms with Gasteiger partial charge in [-0.3, -0.25) is 5.10 Å². The number of hydrogen-bond acceptors (Lipinski definition) is 5. The van der Waals surface area contributed by atoms with Crippen molar-refractivity contribution in [3.8, 4) is 5.69 Å². The maximum absolute atomic E-state index is 5.03. The minimum Gasteiger partial charge on any atom is -0.308 e. The lowest BCUT2D eigenvalue weighted by Crippen LogP contribution is -2.14. The number of benzene rings is 1. The summed E-state index contributed by atoms with van der Waals surface area (Å²) in [6, 6.07) is 8.59. The molecular weight excluding hydrogens is 380 g/mol. The van der Waals surface area contributed by atoms with Crippen molar-refractivity contribution in [2.75, 3.05) is 4.72 Å². The Labute approximate surface area is 175 Å². The van der Waals surface area contributed by atoms with E-state index in [1.54, 1.807) is 6.20 Å². The van der Waals surface area contributed by atoms with E-state index in [1.807, 2.05) is 10.9 Å². The highest BCUT2D eigenvalue weighted by Gasteiger charge is 2.21. The van der Waals surface area contributed by atoms with Crippen LogP contribution in [-0.4, -0.2) is 25.0 Å². The fourth-order valence-corrected chi connectivity index (χ4v) is 4.14. The number of aromatic nitrogens is 5. The van der Waals surface area contributed by atoms with Gasteiger partial charge in [0.15, 0.2) is 11.5 Å². The van der Waals surface area contributed by atoms with E-state index in [2.05, 4.69) is 80.7 Å². The van der Waals surface area contributed by atoms with E-state index in [0.717, 1.165) is 33.1 Å². The van der Waals surface area contributed by atoms with Gasteiger partial charge in [0.25, 0.3) is 0 Å².